The predicted octanol–water partition coefficient (Wildman–Crippen LogP) is 3.51. The van der Waals surface area contributed by atoms with Crippen LogP contribution in [0, 0.1) is 5.92 Å². The Morgan fingerprint density at radius 1 is 1.24 bits per heavy atom. The maximum Gasteiger partial charge on any atom is 0.408 e. The van der Waals surface area contributed by atoms with Crippen LogP contribution in [0.3, 0.4) is 0 Å². The van der Waals surface area contributed by atoms with Gasteiger partial charge in [0.2, 0.25) is 0 Å². The minimum absolute atomic E-state index is 0.0328. The van der Waals surface area contributed by atoms with Crippen LogP contribution in [0.25, 0.3) is 0 Å². The predicted molar refractivity (Wildman–Crippen MR) is 106 cm³/mol. The Bertz CT molecular complexity index is 926. The fraction of sp³-hybridized carbons (Fsp3) is 0.632. The monoisotopic (exact) mass is 430 g/mol. The summed E-state index contributed by atoms with van der Waals surface area (Å²) in [7, 11) is -3.93. The first-order valence-electron chi connectivity index (χ1n) is 9.90. The summed E-state index contributed by atoms with van der Waals surface area (Å²) in [6, 6.07) is 2.60. The summed E-state index contributed by atoms with van der Waals surface area (Å²) in [6.07, 6.45) is -2.31. The van der Waals surface area contributed by atoms with Gasteiger partial charge < -0.3 is 15.5 Å². The zero-order valence-electron chi connectivity index (χ0n) is 16.3. The van der Waals surface area contributed by atoms with E-state index in [1.807, 2.05) is 13.8 Å². The van der Waals surface area contributed by atoms with Gasteiger partial charge in [-0.2, -0.15) is 21.6 Å². The number of nitrogens with zero attached hydrogens (tertiary/aromatic N) is 2. The third kappa shape index (κ3) is 4.09. The molecular formula is C19H25F3N4O2S. The zero-order chi connectivity index (χ0) is 21.0. The molecule has 1 aliphatic carbocycles. The molecule has 2 atom stereocenters. The van der Waals surface area contributed by atoms with Gasteiger partial charge in [-0.05, 0) is 37.8 Å². The number of halogens is 3. The van der Waals surface area contributed by atoms with Gasteiger partial charge in [0.25, 0.3) is 10.0 Å². The van der Waals surface area contributed by atoms with Gasteiger partial charge in [-0.25, -0.2) is 0 Å². The molecule has 1 aromatic carbocycles. The Kier molecular flexibility index (Phi) is 5.05. The Morgan fingerprint density at radius 2 is 1.97 bits per heavy atom. The molecule has 0 radical (unpaired) electrons. The molecule has 10 heteroatoms. The van der Waals surface area contributed by atoms with Crippen molar-refractivity contribution in [1.29, 1.82) is 0 Å². The minimum Gasteiger partial charge on any atom is -0.358 e. The number of nitrogens with one attached hydrogen (secondary N) is 2. The number of hydrogen-bond acceptors (Lipinski definition) is 5. The second-order valence-corrected chi connectivity index (χ2v) is 9.87. The van der Waals surface area contributed by atoms with Crippen molar-refractivity contribution in [3.63, 3.8) is 0 Å². The van der Waals surface area contributed by atoms with Crippen LogP contribution in [0.15, 0.2) is 27.5 Å². The van der Waals surface area contributed by atoms with E-state index in [1.165, 1.54) is 17.0 Å². The van der Waals surface area contributed by atoms with Gasteiger partial charge in [-0.15, -0.1) is 4.40 Å². The number of amidine groups is 1. The van der Waals surface area contributed by atoms with Crippen molar-refractivity contribution in [2.45, 2.75) is 68.7 Å². The lowest BCUT2D eigenvalue weighted by Gasteiger charge is -2.43. The maximum absolute atomic E-state index is 14.0. The molecule has 0 bridgehead atoms. The van der Waals surface area contributed by atoms with E-state index in [-0.39, 0.29) is 47.2 Å². The number of fused-ring (bicyclic) bond motifs is 1. The lowest BCUT2D eigenvalue weighted by atomic mass is 9.95. The quantitative estimate of drug-likeness (QED) is 0.765. The van der Waals surface area contributed by atoms with Crippen LogP contribution in [0.5, 0.6) is 0 Å². The molecule has 1 saturated carbocycles. The molecule has 2 N–H and O–H groups in total. The van der Waals surface area contributed by atoms with Gasteiger partial charge in [-0.1, -0.05) is 19.9 Å². The van der Waals surface area contributed by atoms with Crippen molar-refractivity contribution >= 4 is 27.2 Å². The highest BCUT2D eigenvalue weighted by Crippen LogP contribution is 2.44. The van der Waals surface area contributed by atoms with Crippen LogP contribution < -0.4 is 15.5 Å². The third-order valence-corrected chi connectivity index (χ3v) is 6.91. The summed E-state index contributed by atoms with van der Waals surface area (Å²) in [5, 5.41) is 6.25. The summed E-state index contributed by atoms with van der Waals surface area (Å²) < 4.78 is 71.0. The topological polar surface area (TPSA) is 73.8 Å². The van der Waals surface area contributed by atoms with Crippen molar-refractivity contribution in [3.05, 3.63) is 18.2 Å². The Labute approximate surface area is 168 Å². The molecule has 0 amide bonds. The molecule has 0 aromatic heterocycles. The van der Waals surface area contributed by atoms with Gasteiger partial charge in [0.1, 0.15) is 16.8 Å². The second kappa shape index (κ2) is 7.16. The van der Waals surface area contributed by atoms with Crippen molar-refractivity contribution < 1.29 is 21.6 Å². The summed E-state index contributed by atoms with van der Waals surface area (Å²) in [6.45, 7) is 4.01. The van der Waals surface area contributed by atoms with E-state index in [9.17, 15) is 21.6 Å². The first-order valence-corrected chi connectivity index (χ1v) is 11.3. The van der Waals surface area contributed by atoms with Crippen molar-refractivity contribution in [1.82, 2.24) is 5.32 Å². The lowest BCUT2D eigenvalue weighted by Crippen LogP contribution is -2.56. The van der Waals surface area contributed by atoms with Crippen LogP contribution >= 0.6 is 0 Å². The van der Waals surface area contributed by atoms with Crippen LogP contribution in [-0.4, -0.2) is 45.1 Å². The molecule has 2 aliphatic heterocycles. The minimum atomic E-state index is -4.43. The number of para-hydroxylation sites is 1. The molecule has 1 saturated heterocycles. The molecule has 3 aliphatic rings. The zero-order valence-corrected chi connectivity index (χ0v) is 17.1. The SMILES string of the molecule is CC(C)N[C@H]1CCN(c2cccc3c2NC(C2CC2)=NS3(=O)=O)[C@@H](C(F)(F)F)C1. The molecule has 2 heterocycles. The maximum atomic E-state index is 14.0. The van der Waals surface area contributed by atoms with Crippen molar-refractivity contribution in [3.8, 4) is 0 Å². The first kappa shape index (κ1) is 20.5. The fourth-order valence-electron chi connectivity index (χ4n) is 4.15. The highest BCUT2D eigenvalue weighted by molar-refractivity contribution is 7.90. The highest BCUT2D eigenvalue weighted by Gasteiger charge is 2.48. The molecule has 160 valence electrons. The molecule has 29 heavy (non-hydrogen) atoms. The Morgan fingerprint density at radius 3 is 2.59 bits per heavy atom. The summed E-state index contributed by atoms with van der Waals surface area (Å²) >= 11 is 0. The van der Waals surface area contributed by atoms with Crippen LogP contribution in [0.4, 0.5) is 24.5 Å². The van der Waals surface area contributed by atoms with E-state index in [0.29, 0.717) is 12.3 Å². The number of rotatable bonds is 4. The number of sulfonamides is 1. The van der Waals surface area contributed by atoms with Crippen molar-refractivity contribution in [2.75, 3.05) is 16.8 Å². The molecule has 2 fully saturated rings. The Balaban J connectivity index is 1.72. The van der Waals surface area contributed by atoms with Gasteiger partial charge in [0, 0.05) is 24.5 Å². The van der Waals surface area contributed by atoms with E-state index in [1.54, 1.807) is 6.07 Å². The van der Waals surface area contributed by atoms with E-state index >= 15 is 0 Å². The van der Waals surface area contributed by atoms with E-state index < -0.39 is 22.2 Å². The lowest BCUT2D eigenvalue weighted by molar-refractivity contribution is -0.154. The standard InChI is InChI=1S/C19H25F3N4O2S/c1-11(2)23-13-8-9-26(16(10-13)19(20,21)22)14-4-3-5-15-17(14)24-18(12-6-7-12)25-29(15,27)28/h3-5,11-13,16,23H,6-10H2,1-2H3,(H,24,25)/t13-,16+/m0/s1. The molecule has 0 unspecified atom stereocenters. The number of alkyl halides is 3. The molecule has 1 aromatic rings. The van der Waals surface area contributed by atoms with Crippen LogP contribution in [0.1, 0.15) is 39.5 Å². The van der Waals surface area contributed by atoms with Crippen LogP contribution in [0.2, 0.25) is 0 Å². The number of hydrogen-bond donors (Lipinski definition) is 2. The number of benzene rings is 1. The summed E-state index contributed by atoms with van der Waals surface area (Å²) in [5.41, 5.74) is 0.485. The smallest absolute Gasteiger partial charge is 0.358 e. The fourth-order valence-corrected chi connectivity index (χ4v) is 5.37. The van der Waals surface area contributed by atoms with E-state index in [2.05, 4.69) is 15.0 Å². The van der Waals surface area contributed by atoms with Gasteiger partial charge in [0.05, 0.1) is 11.4 Å². The third-order valence-electron chi connectivity index (χ3n) is 5.58. The summed E-state index contributed by atoms with van der Waals surface area (Å²) in [4.78, 5) is 1.23. The first-order chi connectivity index (χ1) is 13.6. The van der Waals surface area contributed by atoms with E-state index in [0.717, 1.165) is 12.8 Å². The molecule has 6 nitrogen and oxygen atoms in total. The Hall–Kier alpha value is -1.81. The van der Waals surface area contributed by atoms with Gasteiger partial charge in [-0.3, -0.25) is 0 Å². The highest BCUT2D eigenvalue weighted by atomic mass is 32.2. The largest absolute Gasteiger partial charge is 0.408 e. The van der Waals surface area contributed by atoms with Gasteiger partial charge >= 0.3 is 6.18 Å². The van der Waals surface area contributed by atoms with Crippen LogP contribution in [-0.2, 0) is 10.0 Å². The molecule has 4 rings (SSSR count). The molecular weight excluding hydrogens is 405 g/mol. The molecule has 0 spiro atoms. The number of anilines is 2. The van der Waals surface area contributed by atoms with Gasteiger partial charge in [0.15, 0.2) is 0 Å². The summed E-state index contributed by atoms with van der Waals surface area (Å²) in [5.74, 6) is 0.371. The second-order valence-electron chi connectivity index (χ2n) is 8.29. The normalized spacial score (nSPS) is 26.7. The number of piperidine rings is 1. The average molecular weight is 430 g/mol. The van der Waals surface area contributed by atoms with E-state index in [4.69, 9.17) is 0 Å². The van der Waals surface area contributed by atoms with Crippen molar-refractivity contribution in [2.24, 2.45) is 10.3 Å². The average Bonchev–Trinajstić information content (AvgIpc) is 3.45.